The number of rotatable bonds is 9. The number of aryl methyl sites for hydroxylation is 3. The van der Waals surface area contributed by atoms with Crippen LogP contribution in [-0.2, 0) is 25.3 Å². The number of benzene rings is 1. The summed E-state index contributed by atoms with van der Waals surface area (Å²) in [6.45, 7) is 8.97. The Balaban J connectivity index is 1.49. The lowest BCUT2D eigenvalue weighted by molar-refractivity contribution is 0.736. The van der Waals surface area contributed by atoms with Crippen LogP contribution in [0.25, 0.3) is 16.9 Å². The summed E-state index contributed by atoms with van der Waals surface area (Å²) >= 11 is 7.43. The van der Waals surface area contributed by atoms with Crippen LogP contribution in [0, 0.1) is 13.8 Å². The molecule has 0 aliphatic carbocycles. The third-order valence-electron chi connectivity index (χ3n) is 6.67. The number of imidazole rings is 1. The van der Waals surface area contributed by atoms with Crippen LogP contribution in [-0.4, -0.2) is 38.7 Å². The van der Waals surface area contributed by atoms with E-state index in [4.69, 9.17) is 21.7 Å². The van der Waals surface area contributed by atoms with Gasteiger partial charge in [0.25, 0.3) is 11.3 Å². The van der Waals surface area contributed by atoms with Crippen molar-refractivity contribution in [1.29, 1.82) is 0 Å². The van der Waals surface area contributed by atoms with E-state index in [1.165, 1.54) is 21.9 Å². The largest absolute Gasteiger partial charge is 0.330 e. The fraction of sp³-hybridized carbons (Fsp3) is 0.385. The summed E-state index contributed by atoms with van der Waals surface area (Å²) in [5.74, 6) is 1.66. The second kappa shape index (κ2) is 10.7. The van der Waals surface area contributed by atoms with Gasteiger partial charge in [-0.3, -0.25) is 14.3 Å². The summed E-state index contributed by atoms with van der Waals surface area (Å²) in [7, 11) is 0. The molecule has 0 fully saturated rings. The number of halogens is 1. The Morgan fingerprint density at radius 2 is 1.79 bits per heavy atom. The van der Waals surface area contributed by atoms with Gasteiger partial charge in [0.2, 0.25) is 5.16 Å². The van der Waals surface area contributed by atoms with Gasteiger partial charge < -0.3 is 4.57 Å². The highest BCUT2D eigenvalue weighted by atomic mass is 35.5. The normalized spacial score (nSPS) is 11.7. The minimum atomic E-state index is -0.504. The highest BCUT2D eigenvalue weighted by molar-refractivity contribution is 7.98. The maximum atomic E-state index is 12.8. The van der Waals surface area contributed by atoms with Crippen molar-refractivity contribution in [3.63, 3.8) is 0 Å². The molecule has 4 heterocycles. The molecule has 0 spiro atoms. The lowest BCUT2D eigenvalue weighted by Crippen LogP contribution is -2.31. The second-order valence-corrected chi connectivity index (χ2v) is 10.6. The number of aromatic nitrogens is 8. The van der Waals surface area contributed by atoms with Gasteiger partial charge in [0.15, 0.2) is 11.2 Å². The summed E-state index contributed by atoms with van der Waals surface area (Å²) in [6.07, 6.45) is 3.18. The van der Waals surface area contributed by atoms with Crippen LogP contribution in [0.15, 0.2) is 39.0 Å². The van der Waals surface area contributed by atoms with E-state index in [-0.39, 0.29) is 6.54 Å². The standard InChI is InChI=1S/C26H29ClN8O2S/c1-5-7-8-19-15(3)28-24-31-25(32-35(24)16(19)4)38-14-20-29-22-21(33(20)6-2)23(36)30-26(37)34(22)13-17-9-11-18(27)12-10-17/h9-12H,5-8,13-14H2,1-4H3,(H,30,36,37). The fourth-order valence-corrected chi connectivity index (χ4v) is 5.57. The molecule has 5 rings (SSSR count). The third-order valence-corrected chi connectivity index (χ3v) is 7.76. The van der Waals surface area contributed by atoms with Crippen molar-refractivity contribution in [3.05, 3.63) is 78.5 Å². The number of hydrogen-bond acceptors (Lipinski definition) is 7. The monoisotopic (exact) mass is 552 g/mol. The first kappa shape index (κ1) is 26.2. The number of H-pyrrole nitrogens is 1. The van der Waals surface area contributed by atoms with Crippen molar-refractivity contribution >= 4 is 40.3 Å². The van der Waals surface area contributed by atoms with Gasteiger partial charge in [0.1, 0.15) is 5.82 Å². The Labute approximate surface area is 228 Å². The molecule has 1 N–H and O–H groups in total. The summed E-state index contributed by atoms with van der Waals surface area (Å²) in [4.78, 5) is 42.1. The Kier molecular flexibility index (Phi) is 7.40. The molecule has 0 saturated heterocycles. The number of unbranched alkanes of at least 4 members (excludes halogenated alkanes) is 1. The minimum absolute atomic E-state index is 0.259. The average molecular weight is 553 g/mol. The Bertz CT molecular complexity index is 1750. The highest BCUT2D eigenvalue weighted by Crippen LogP contribution is 2.24. The fourth-order valence-electron chi connectivity index (χ4n) is 4.68. The lowest BCUT2D eigenvalue weighted by Gasteiger charge is -2.09. The maximum absolute atomic E-state index is 12.8. The Hall–Kier alpha value is -3.44. The predicted octanol–water partition coefficient (Wildman–Crippen LogP) is 4.30. The van der Waals surface area contributed by atoms with Crippen LogP contribution in [0.4, 0.5) is 0 Å². The van der Waals surface area contributed by atoms with E-state index in [0.717, 1.165) is 36.2 Å². The molecular formula is C26H29ClN8O2S. The van der Waals surface area contributed by atoms with Gasteiger partial charge in [-0.25, -0.2) is 19.3 Å². The first-order valence-corrected chi connectivity index (χ1v) is 14.0. The van der Waals surface area contributed by atoms with E-state index in [0.29, 0.717) is 45.2 Å². The zero-order valence-corrected chi connectivity index (χ0v) is 23.4. The molecule has 0 aliphatic rings. The predicted molar refractivity (Wildman–Crippen MR) is 149 cm³/mol. The van der Waals surface area contributed by atoms with Crippen LogP contribution in [0.3, 0.4) is 0 Å². The van der Waals surface area contributed by atoms with Crippen LogP contribution in [0.1, 0.15) is 55.0 Å². The molecule has 12 heteroatoms. The van der Waals surface area contributed by atoms with E-state index < -0.39 is 11.2 Å². The van der Waals surface area contributed by atoms with Crippen LogP contribution in [0.2, 0.25) is 5.02 Å². The zero-order valence-electron chi connectivity index (χ0n) is 21.8. The van der Waals surface area contributed by atoms with Gasteiger partial charge in [-0.15, -0.1) is 5.10 Å². The van der Waals surface area contributed by atoms with Crippen molar-refractivity contribution in [1.82, 2.24) is 38.7 Å². The molecule has 0 aliphatic heterocycles. The number of nitrogens with zero attached hydrogens (tertiary/aromatic N) is 7. The molecule has 10 nitrogen and oxygen atoms in total. The maximum Gasteiger partial charge on any atom is 0.330 e. The Morgan fingerprint density at radius 1 is 1.03 bits per heavy atom. The number of fused-ring (bicyclic) bond motifs is 2. The Morgan fingerprint density at radius 3 is 2.50 bits per heavy atom. The first-order chi connectivity index (χ1) is 18.3. The molecule has 0 radical (unpaired) electrons. The molecule has 0 bridgehead atoms. The van der Waals surface area contributed by atoms with Gasteiger partial charge >= 0.3 is 5.69 Å². The molecule has 0 unspecified atom stereocenters. The topological polar surface area (TPSA) is 116 Å². The molecule has 4 aromatic heterocycles. The third kappa shape index (κ3) is 4.88. The number of nitrogens with one attached hydrogen (secondary N) is 1. The summed E-state index contributed by atoms with van der Waals surface area (Å²) in [5, 5.41) is 5.88. The van der Waals surface area contributed by atoms with Crippen molar-refractivity contribution in [3.8, 4) is 0 Å². The van der Waals surface area contributed by atoms with Gasteiger partial charge in [-0.1, -0.05) is 48.8 Å². The average Bonchev–Trinajstić information content (AvgIpc) is 3.47. The van der Waals surface area contributed by atoms with Crippen molar-refractivity contribution in [2.45, 2.75) is 71.0 Å². The molecule has 5 aromatic rings. The first-order valence-electron chi connectivity index (χ1n) is 12.6. The van der Waals surface area contributed by atoms with Crippen molar-refractivity contribution < 1.29 is 0 Å². The van der Waals surface area contributed by atoms with E-state index in [1.54, 1.807) is 16.6 Å². The highest BCUT2D eigenvalue weighted by Gasteiger charge is 2.20. The van der Waals surface area contributed by atoms with Gasteiger partial charge in [-0.05, 0) is 56.9 Å². The van der Waals surface area contributed by atoms with Gasteiger partial charge in [-0.2, -0.15) is 4.98 Å². The van der Waals surface area contributed by atoms with Crippen LogP contribution < -0.4 is 11.2 Å². The molecule has 198 valence electrons. The summed E-state index contributed by atoms with van der Waals surface area (Å²) < 4.78 is 5.13. The smallest absolute Gasteiger partial charge is 0.322 e. The van der Waals surface area contributed by atoms with Gasteiger partial charge in [0, 0.05) is 23.0 Å². The molecular weight excluding hydrogens is 524 g/mol. The minimum Gasteiger partial charge on any atom is -0.322 e. The van der Waals surface area contributed by atoms with Crippen LogP contribution >= 0.6 is 23.4 Å². The SMILES string of the molecule is CCCCc1c(C)nc2nc(SCc3nc4c(c(=O)[nH]c(=O)n4Cc4ccc(Cl)cc4)n3CC)nn2c1C. The molecule has 0 saturated carbocycles. The van der Waals surface area contributed by atoms with E-state index in [1.807, 2.05) is 30.5 Å². The summed E-state index contributed by atoms with van der Waals surface area (Å²) in [5.41, 5.74) is 3.88. The lowest BCUT2D eigenvalue weighted by atomic mass is 10.1. The van der Waals surface area contributed by atoms with Crippen molar-refractivity contribution in [2.24, 2.45) is 0 Å². The molecule has 38 heavy (non-hydrogen) atoms. The van der Waals surface area contributed by atoms with E-state index in [9.17, 15) is 9.59 Å². The van der Waals surface area contributed by atoms with E-state index >= 15 is 0 Å². The molecule has 0 amide bonds. The number of thioether (sulfide) groups is 1. The summed E-state index contributed by atoms with van der Waals surface area (Å²) in [6, 6.07) is 7.23. The molecule has 1 aromatic carbocycles. The number of aromatic amines is 1. The van der Waals surface area contributed by atoms with Crippen molar-refractivity contribution in [2.75, 3.05) is 0 Å². The molecule has 0 atom stereocenters. The quantitative estimate of drug-likeness (QED) is 0.271. The van der Waals surface area contributed by atoms with E-state index in [2.05, 4.69) is 28.8 Å². The van der Waals surface area contributed by atoms with Gasteiger partial charge in [0.05, 0.1) is 12.3 Å². The number of hydrogen-bond donors (Lipinski definition) is 1. The zero-order chi connectivity index (χ0) is 27.0. The van der Waals surface area contributed by atoms with Crippen LogP contribution in [0.5, 0.6) is 0 Å². The second-order valence-electron chi connectivity index (χ2n) is 9.18.